The normalized spacial score (nSPS) is 17.9. The van der Waals surface area contributed by atoms with Gasteiger partial charge in [0.2, 0.25) is 5.91 Å². The molecule has 0 aliphatic carbocycles. The van der Waals surface area contributed by atoms with E-state index in [1.165, 1.54) is 6.07 Å². The maximum absolute atomic E-state index is 11.3. The molecule has 0 atom stereocenters. The van der Waals surface area contributed by atoms with E-state index in [0.29, 0.717) is 16.9 Å². The fourth-order valence-electron chi connectivity index (χ4n) is 2.14. The highest BCUT2D eigenvalue weighted by atomic mass is 16.6. The first-order valence-electron chi connectivity index (χ1n) is 5.72. The second-order valence-electron chi connectivity index (χ2n) is 4.51. The number of fused-ring (bicyclic) bond motifs is 1. The first-order chi connectivity index (χ1) is 8.63. The van der Waals surface area contributed by atoms with Gasteiger partial charge in [-0.1, -0.05) is 0 Å². The van der Waals surface area contributed by atoms with Crippen LogP contribution in [0.1, 0.15) is 5.56 Å². The van der Waals surface area contributed by atoms with Crippen molar-refractivity contribution in [3.8, 4) is 0 Å². The SMILES string of the molecule is O=C1Cc2cc([N+](=O)[O-])c(NC3CNC3)cc2N1. The highest BCUT2D eigenvalue weighted by Crippen LogP contribution is 2.34. The van der Waals surface area contributed by atoms with Crippen LogP contribution < -0.4 is 16.0 Å². The molecule has 1 aromatic rings. The molecule has 0 bridgehead atoms. The highest BCUT2D eigenvalue weighted by Gasteiger charge is 2.26. The van der Waals surface area contributed by atoms with Crippen LogP contribution in [0.4, 0.5) is 17.1 Å². The van der Waals surface area contributed by atoms with Crippen LogP contribution in [0, 0.1) is 10.1 Å². The number of nitrogens with zero attached hydrogens (tertiary/aromatic N) is 1. The standard InChI is InChI=1S/C11H12N4O3/c16-11-2-6-1-10(15(17)18)9(3-8(6)14-11)13-7-4-12-5-7/h1,3,7,12-13H,2,4-5H2,(H,14,16). The number of carbonyl (C=O) groups is 1. The molecule has 18 heavy (non-hydrogen) atoms. The molecule has 2 aliphatic heterocycles. The average molecular weight is 248 g/mol. The molecule has 3 N–H and O–H groups in total. The van der Waals surface area contributed by atoms with Gasteiger partial charge in [0.25, 0.3) is 5.69 Å². The molecule has 1 amide bonds. The van der Waals surface area contributed by atoms with Crippen LogP contribution in [0.5, 0.6) is 0 Å². The largest absolute Gasteiger partial charge is 0.374 e. The van der Waals surface area contributed by atoms with Crippen molar-refractivity contribution in [2.24, 2.45) is 0 Å². The molecule has 1 aromatic carbocycles. The molecule has 0 unspecified atom stereocenters. The van der Waals surface area contributed by atoms with Crippen LogP contribution >= 0.6 is 0 Å². The lowest BCUT2D eigenvalue weighted by Gasteiger charge is -2.28. The van der Waals surface area contributed by atoms with Gasteiger partial charge in [0.15, 0.2) is 0 Å². The molecule has 94 valence electrons. The van der Waals surface area contributed by atoms with Gasteiger partial charge >= 0.3 is 0 Å². The molecule has 7 nitrogen and oxygen atoms in total. The van der Waals surface area contributed by atoms with E-state index in [0.717, 1.165) is 13.1 Å². The van der Waals surface area contributed by atoms with Gasteiger partial charge in [0.1, 0.15) is 5.69 Å². The molecule has 1 fully saturated rings. The summed E-state index contributed by atoms with van der Waals surface area (Å²) >= 11 is 0. The Hall–Kier alpha value is -2.15. The second-order valence-corrected chi connectivity index (χ2v) is 4.51. The molecule has 1 saturated heterocycles. The summed E-state index contributed by atoms with van der Waals surface area (Å²) in [6.45, 7) is 1.58. The first kappa shape index (κ1) is 11.0. The van der Waals surface area contributed by atoms with Crippen molar-refractivity contribution in [3.05, 3.63) is 27.8 Å². The summed E-state index contributed by atoms with van der Waals surface area (Å²) in [4.78, 5) is 21.9. The number of nitro groups is 1. The lowest BCUT2D eigenvalue weighted by Crippen LogP contribution is -2.51. The van der Waals surface area contributed by atoms with Crippen molar-refractivity contribution in [2.45, 2.75) is 12.5 Å². The molecule has 0 spiro atoms. The highest BCUT2D eigenvalue weighted by molar-refractivity contribution is 6.00. The first-order valence-corrected chi connectivity index (χ1v) is 5.72. The zero-order chi connectivity index (χ0) is 12.7. The van der Waals surface area contributed by atoms with E-state index in [2.05, 4.69) is 16.0 Å². The maximum Gasteiger partial charge on any atom is 0.292 e. The Morgan fingerprint density at radius 3 is 2.78 bits per heavy atom. The minimum absolute atomic E-state index is 0.0251. The van der Waals surface area contributed by atoms with Gasteiger partial charge in [0.05, 0.1) is 17.4 Å². The maximum atomic E-state index is 11.3. The molecule has 2 heterocycles. The smallest absolute Gasteiger partial charge is 0.292 e. The molecular weight excluding hydrogens is 236 g/mol. The van der Waals surface area contributed by atoms with Gasteiger partial charge in [-0.3, -0.25) is 14.9 Å². The zero-order valence-electron chi connectivity index (χ0n) is 9.53. The van der Waals surface area contributed by atoms with Crippen molar-refractivity contribution in [1.29, 1.82) is 0 Å². The van der Waals surface area contributed by atoms with E-state index in [1.807, 2.05) is 0 Å². The van der Waals surface area contributed by atoms with E-state index >= 15 is 0 Å². The molecule has 0 saturated carbocycles. The summed E-state index contributed by atoms with van der Waals surface area (Å²) in [5, 5.41) is 19.9. The van der Waals surface area contributed by atoms with E-state index < -0.39 is 4.92 Å². The van der Waals surface area contributed by atoms with Crippen molar-refractivity contribution < 1.29 is 9.72 Å². The van der Waals surface area contributed by atoms with Crippen LogP contribution in [-0.4, -0.2) is 30.0 Å². The summed E-state index contributed by atoms with van der Waals surface area (Å²) in [7, 11) is 0. The fraction of sp³-hybridized carbons (Fsp3) is 0.364. The fourth-order valence-corrected chi connectivity index (χ4v) is 2.14. The number of amides is 1. The topological polar surface area (TPSA) is 96.3 Å². The summed E-state index contributed by atoms with van der Waals surface area (Å²) in [5.74, 6) is -0.123. The average Bonchev–Trinajstić information content (AvgIpc) is 2.61. The Kier molecular flexibility index (Phi) is 2.41. The van der Waals surface area contributed by atoms with Crippen molar-refractivity contribution in [1.82, 2.24) is 5.32 Å². The number of hydrogen-bond acceptors (Lipinski definition) is 5. The van der Waals surface area contributed by atoms with Crippen LogP contribution in [0.2, 0.25) is 0 Å². The third-order valence-corrected chi connectivity index (χ3v) is 3.18. The molecule has 2 aliphatic rings. The van der Waals surface area contributed by atoms with E-state index in [-0.39, 0.29) is 24.1 Å². The zero-order valence-corrected chi connectivity index (χ0v) is 9.53. The Bertz CT molecular complexity index is 539. The Morgan fingerprint density at radius 2 is 2.17 bits per heavy atom. The van der Waals surface area contributed by atoms with Gasteiger partial charge in [-0.15, -0.1) is 0 Å². The quantitative estimate of drug-likeness (QED) is 0.534. The van der Waals surface area contributed by atoms with Gasteiger partial charge in [0, 0.05) is 24.8 Å². The van der Waals surface area contributed by atoms with Crippen LogP contribution in [0.3, 0.4) is 0 Å². The molecule has 0 radical (unpaired) electrons. The number of benzene rings is 1. The van der Waals surface area contributed by atoms with Gasteiger partial charge < -0.3 is 16.0 Å². The minimum atomic E-state index is -0.419. The summed E-state index contributed by atoms with van der Waals surface area (Å²) < 4.78 is 0. The minimum Gasteiger partial charge on any atom is -0.374 e. The Labute approximate surface area is 103 Å². The number of carbonyl (C=O) groups excluding carboxylic acids is 1. The van der Waals surface area contributed by atoms with Gasteiger partial charge in [-0.2, -0.15) is 0 Å². The van der Waals surface area contributed by atoms with Crippen LogP contribution in [-0.2, 0) is 11.2 Å². The predicted molar refractivity (Wildman–Crippen MR) is 65.7 cm³/mol. The Balaban J connectivity index is 1.97. The van der Waals surface area contributed by atoms with E-state index in [1.54, 1.807) is 6.07 Å². The third-order valence-electron chi connectivity index (χ3n) is 3.18. The second kappa shape index (κ2) is 3.95. The predicted octanol–water partition coefficient (Wildman–Crippen LogP) is 0.473. The van der Waals surface area contributed by atoms with Gasteiger partial charge in [-0.25, -0.2) is 0 Å². The summed E-state index contributed by atoms with van der Waals surface area (Å²) in [5.41, 5.74) is 1.84. The number of nitrogens with one attached hydrogen (secondary N) is 3. The van der Waals surface area contributed by atoms with Crippen LogP contribution in [0.15, 0.2) is 12.1 Å². The van der Waals surface area contributed by atoms with Crippen LogP contribution in [0.25, 0.3) is 0 Å². The molecular formula is C11H12N4O3. The lowest BCUT2D eigenvalue weighted by molar-refractivity contribution is -0.384. The lowest BCUT2D eigenvalue weighted by atomic mass is 10.1. The van der Waals surface area contributed by atoms with E-state index in [4.69, 9.17) is 0 Å². The summed E-state index contributed by atoms with van der Waals surface area (Å²) in [6, 6.07) is 3.33. The molecule has 3 rings (SSSR count). The number of nitro benzene ring substituents is 1. The summed E-state index contributed by atoms with van der Waals surface area (Å²) in [6.07, 6.45) is 0.210. The number of rotatable bonds is 3. The van der Waals surface area contributed by atoms with Crippen molar-refractivity contribution in [2.75, 3.05) is 23.7 Å². The molecule has 7 heteroatoms. The third kappa shape index (κ3) is 1.78. The number of anilines is 2. The monoisotopic (exact) mass is 248 g/mol. The van der Waals surface area contributed by atoms with E-state index in [9.17, 15) is 14.9 Å². The Morgan fingerprint density at radius 1 is 1.39 bits per heavy atom. The molecule has 0 aromatic heterocycles. The van der Waals surface area contributed by atoms with Gasteiger partial charge in [-0.05, 0) is 11.6 Å². The van der Waals surface area contributed by atoms with Crippen molar-refractivity contribution in [3.63, 3.8) is 0 Å². The van der Waals surface area contributed by atoms with Crippen molar-refractivity contribution >= 4 is 23.0 Å². The number of hydrogen-bond donors (Lipinski definition) is 3.